The molecule has 9 heteroatoms. The predicted octanol–water partition coefficient (Wildman–Crippen LogP) is 2.08. The second kappa shape index (κ2) is 7.72. The summed E-state index contributed by atoms with van der Waals surface area (Å²) in [6.45, 7) is 3.85. The van der Waals surface area contributed by atoms with Gasteiger partial charge in [0.15, 0.2) is 11.5 Å². The minimum atomic E-state index is -1.20. The first-order valence-corrected chi connectivity index (χ1v) is 9.30. The number of nitrogens with one attached hydrogen (secondary N) is 1. The number of hydrogen-bond acceptors (Lipinski definition) is 4. The molecule has 0 aliphatic heterocycles. The molecule has 0 saturated carbocycles. The van der Waals surface area contributed by atoms with Crippen LogP contribution in [0.1, 0.15) is 15.9 Å². The summed E-state index contributed by atoms with van der Waals surface area (Å²) in [5.41, 5.74) is 0.420. The lowest BCUT2D eigenvalue weighted by Crippen LogP contribution is -2.34. The highest BCUT2D eigenvalue weighted by atomic mass is 127. The van der Waals surface area contributed by atoms with E-state index in [1.165, 1.54) is 30.0 Å². The van der Waals surface area contributed by atoms with Crippen LogP contribution in [0, 0.1) is 3.57 Å². The van der Waals surface area contributed by atoms with Crippen molar-refractivity contribution in [3.8, 4) is 17.2 Å². The largest absolute Gasteiger partial charge is 0.504 e. The van der Waals surface area contributed by atoms with Crippen LogP contribution >= 0.6 is 34.2 Å². The summed E-state index contributed by atoms with van der Waals surface area (Å²) >= 11 is 7.85. The monoisotopic (exact) mass is 512 g/mol. The Bertz CT molecular complexity index is 1260. The van der Waals surface area contributed by atoms with Crippen LogP contribution in [0.5, 0.6) is 11.5 Å². The number of carboxylic acids is 1. The van der Waals surface area contributed by atoms with E-state index in [1.807, 2.05) is 22.6 Å². The third kappa shape index (κ3) is 3.65. The minimum absolute atomic E-state index is 0.0175. The fourth-order valence-corrected chi connectivity index (χ4v) is 3.47. The van der Waals surface area contributed by atoms with E-state index >= 15 is 0 Å². The molecule has 2 aromatic carbocycles. The molecule has 3 rings (SSSR count). The fourth-order valence-electron chi connectivity index (χ4n) is 2.64. The molecule has 0 unspecified atom stereocenters. The van der Waals surface area contributed by atoms with Crippen LogP contribution in [0.4, 0.5) is 0 Å². The van der Waals surface area contributed by atoms with Gasteiger partial charge in [0, 0.05) is 0 Å². The summed E-state index contributed by atoms with van der Waals surface area (Å²) in [5, 5.41) is 22.7. The smallest absolute Gasteiger partial charge is 0.337 e. The summed E-state index contributed by atoms with van der Waals surface area (Å²) in [6.07, 6.45) is 1.61. The van der Waals surface area contributed by atoms with Gasteiger partial charge in [-0.1, -0.05) is 18.2 Å². The van der Waals surface area contributed by atoms with Gasteiger partial charge in [-0.15, -0.1) is 0 Å². The van der Waals surface area contributed by atoms with Crippen LogP contribution in [0.3, 0.4) is 0 Å². The lowest BCUT2D eigenvalue weighted by molar-refractivity contribution is 0.0697. The van der Waals surface area contributed by atoms with Crippen molar-refractivity contribution < 1.29 is 19.7 Å². The summed E-state index contributed by atoms with van der Waals surface area (Å²) in [5.74, 6) is -0.897. The third-order valence-electron chi connectivity index (χ3n) is 4.03. The van der Waals surface area contributed by atoms with Gasteiger partial charge in [-0.25, -0.2) is 9.48 Å². The number of phenols is 1. The van der Waals surface area contributed by atoms with Crippen LogP contribution in [0.15, 0.2) is 35.1 Å². The van der Waals surface area contributed by atoms with Crippen molar-refractivity contribution in [1.29, 1.82) is 0 Å². The number of halogens is 2. The molecule has 0 fully saturated rings. The first-order chi connectivity index (χ1) is 13.2. The van der Waals surface area contributed by atoms with Crippen molar-refractivity contribution >= 4 is 52.8 Å². The number of methoxy groups -OCH3 is 1. The Morgan fingerprint density at radius 3 is 2.71 bits per heavy atom. The Morgan fingerprint density at radius 1 is 1.36 bits per heavy atom. The topological polar surface area (TPSA) is 105 Å². The number of carbonyl (C=O) groups is 1. The van der Waals surface area contributed by atoms with Crippen LogP contribution in [0.2, 0.25) is 5.02 Å². The Balaban J connectivity index is 2.19. The lowest BCUT2D eigenvalue weighted by atomic mass is 10.1. The average Bonchev–Trinajstić information content (AvgIpc) is 2.92. The number of aromatic nitrogens is 2. The number of aromatic carboxylic acids is 1. The summed E-state index contributed by atoms with van der Waals surface area (Å²) in [7, 11) is 1.44. The molecule has 7 nitrogen and oxygen atoms in total. The molecule has 1 heterocycles. The fraction of sp³-hybridized carbons (Fsp3) is 0.0526. The van der Waals surface area contributed by atoms with Crippen LogP contribution < -0.4 is 20.9 Å². The second-order valence-corrected chi connectivity index (χ2v) is 7.38. The van der Waals surface area contributed by atoms with Crippen LogP contribution in [-0.2, 0) is 0 Å². The molecule has 0 saturated heterocycles. The zero-order chi connectivity index (χ0) is 20.6. The molecule has 0 aliphatic carbocycles. The van der Waals surface area contributed by atoms with E-state index in [-0.39, 0.29) is 27.3 Å². The van der Waals surface area contributed by atoms with Crippen molar-refractivity contribution in [1.82, 2.24) is 9.78 Å². The SMILES string of the molecule is C=c1[nH]n(-c2ccc(Cl)c(C(=O)O)c2)c(=O)c1=Cc1cc(I)c(O)c(OC)c1. The van der Waals surface area contributed by atoms with Crippen molar-refractivity contribution in [2.24, 2.45) is 0 Å². The van der Waals surface area contributed by atoms with Gasteiger partial charge >= 0.3 is 5.97 Å². The lowest BCUT2D eigenvalue weighted by Gasteiger charge is -2.06. The molecule has 3 aromatic rings. The van der Waals surface area contributed by atoms with Gasteiger partial charge in [-0.3, -0.25) is 9.89 Å². The first-order valence-electron chi connectivity index (χ1n) is 7.84. The number of benzene rings is 2. The molecule has 0 amide bonds. The van der Waals surface area contributed by atoms with Gasteiger partial charge < -0.3 is 14.9 Å². The first kappa shape index (κ1) is 20.0. The zero-order valence-corrected chi connectivity index (χ0v) is 17.4. The highest BCUT2D eigenvalue weighted by molar-refractivity contribution is 14.1. The quantitative estimate of drug-likeness (QED) is 0.465. The molecule has 0 aliphatic rings. The number of H-pyrrole nitrogens is 1. The minimum Gasteiger partial charge on any atom is -0.504 e. The Kier molecular flexibility index (Phi) is 5.52. The molecule has 0 atom stereocenters. The maximum atomic E-state index is 12.9. The second-order valence-electron chi connectivity index (χ2n) is 5.81. The molecular weight excluding hydrogens is 499 g/mol. The number of phenolic OH excluding ortho intramolecular Hbond substituents is 1. The van der Waals surface area contributed by atoms with Gasteiger partial charge in [-0.2, -0.15) is 0 Å². The van der Waals surface area contributed by atoms with Crippen molar-refractivity contribution in [3.05, 3.63) is 71.0 Å². The Labute approximate surface area is 177 Å². The van der Waals surface area contributed by atoms with Gasteiger partial charge in [0.2, 0.25) is 0 Å². The zero-order valence-electron chi connectivity index (χ0n) is 14.5. The number of hydrogen-bond donors (Lipinski definition) is 3. The molecule has 0 spiro atoms. The van der Waals surface area contributed by atoms with E-state index in [0.29, 0.717) is 20.2 Å². The predicted molar refractivity (Wildman–Crippen MR) is 114 cm³/mol. The molecule has 3 N–H and O–H groups in total. The molecule has 0 radical (unpaired) electrons. The van der Waals surface area contributed by atoms with Gasteiger partial charge in [0.1, 0.15) is 0 Å². The van der Waals surface area contributed by atoms with Crippen molar-refractivity contribution in [2.75, 3.05) is 7.11 Å². The normalized spacial score (nSPS) is 11.6. The highest BCUT2D eigenvalue weighted by Crippen LogP contribution is 2.32. The van der Waals surface area contributed by atoms with E-state index in [1.54, 1.807) is 18.2 Å². The molecule has 1 aromatic heterocycles. The van der Waals surface area contributed by atoms with E-state index < -0.39 is 11.5 Å². The van der Waals surface area contributed by atoms with E-state index in [0.717, 1.165) is 0 Å². The average molecular weight is 513 g/mol. The maximum absolute atomic E-state index is 12.9. The van der Waals surface area contributed by atoms with Crippen LogP contribution in [0.25, 0.3) is 18.3 Å². The van der Waals surface area contributed by atoms with E-state index in [2.05, 4.69) is 11.7 Å². The van der Waals surface area contributed by atoms with Crippen molar-refractivity contribution in [2.45, 2.75) is 0 Å². The third-order valence-corrected chi connectivity index (χ3v) is 5.18. The number of carboxylic acid groups (broad SMARTS) is 1. The van der Waals surface area contributed by atoms with E-state index in [4.69, 9.17) is 16.3 Å². The van der Waals surface area contributed by atoms with Gasteiger partial charge in [0.25, 0.3) is 5.56 Å². The summed E-state index contributed by atoms with van der Waals surface area (Å²) in [6, 6.07) is 7.53. The molecule has 144 valence electrons. The Hall–Kier alpha value is -2.72. The highest BCUT2D eigenvalue weighted by Gasteiger charge is 2.13. The van der Waals surface area contributed by atoms with Gasteiger partial charge in [0.05, 0.1) is 37.5 Å². The number of nitrogens with zero attached hydrogens (tertiary/aromatic N) is 1. The number of ether oxygens (including phenoxy) is 1. The van der Waals surface area contributed by atoms with E-state index in [9.17, 15) is 19.8 Å². The van der Waals surface area contributed by atoms with Crippen LogP contribution in [-0.4, -0.2) is 33.1 Å². The number of aromatic amines is 1. The molecular formula is C19H14ClIN2O5. The van der Waals surface area contributed by atoms with Crippen molar-refractivity contribution in [3.63, 3.8) is 0 Å². The molecule has 28 heavy (non-hydrogen) atoms. The Morgan fingerprint density at radius 2 is 2.07 bits per heavy atom. The summed E-state index contributed by atoms with van der Waals surface area (Å²) < 4.78 is 6.89. The maximum Gasteiger partial charge on any atom is 0.337 e. The standard InChI is InChI=1S/C19H14ClIN2O5/c1-9-12(5-10-6-15(21)17(24)16(7-10)28-2)18(25)23(22-9)11-3-4-14(20)13(8-11)19(26)27/h3-8,22,24H,1H2,2H3,(H,26,27). The summed E-state index contributed by atoms with van der Waals surface area (Å²) in [4.78, 5) is 24.2. The van der Waals surface area contributed by atoms with Gasteiger partial charge in [-0.05, 0) is 64.6 Å². The number of rotatable bonds is 4. The molecule has 0 bridgehead atoms. The number of aromatic hydroxyl groups is 1.